The van der Waals surface area contributed by atoms with Crippen LogP contribution < -0.4 is 9.64 Å². The molecule has 0 aliphatic carbocycles. The van der Waals surface area contributed by atoms with E-state index in [0.717, 1.165) is 54.0 Å². The summed E-state index contributed by atoms with van der Waals surface area (Å²) in [6, 6.07) is 14.2. The molecule has 0 saturated carbocycles. The van der Waals surface area contributed by atoms with Gasteiger partial charge in [-0.3, -0.25) is 4.98 Å². The highest BCUT2D eigenvalue weighted by atomic mass is 19.1. The van der Waals surface area contributed by atoms with Gasteiger partial charge in [0.15, 0.2) is 6.10 Å². The van der Waals surface area contributed by atoms with E-state index in [9.17, 15) is 14.3 Å². The molecule has 0 spiro atoms. The van der Waals surface area contributed by atoms with Crippen molar-refractivity contribution in [1.82, 2.24) is 4.98 Å². The summed E-state index contributed by atoms with van der Waals surface area (Å²) in [5.41, 5.74) is 5.05. The predicted molar refractivity (Wildman–Crippen MR) is 167 cm³/mol. The third kappa shape index (κ3) is 8.33. The van der Waals surface area contributed by atoms with Gasteiger partial charge >= 0.3 is 5.97 Å². The van der Waals surface area contributed by atoms with Gasteiger partial charge in [0.25, 0.3) is 0 Å². The molecule has 8 heteroatoms. The minimum absolute atomic E-state index is 0.204. The van der Waals surface area contributed by atoms with Crippen molar-refractivity contribution in [3.05, 3.63) is 76.9 Å². The van der Waals surface area contributed by atoms with Crippen molar-refractivity contribution in [2.75, 3.05) is 31.7 Å². The van der Waals surface area contributed by atoms with Crippen molar-refractivity contribution in [3.63, 3.8) is 0 Å². The van der Waals surface area contributed by atoms with Crippen molar-refractivity contribution in [2.24, 2.45) is 5.41 Å². The predicted octanol–water partition coefficient (Wildman–Crippen LogP) is 7.53. The van der Waals surface area contributed by atoms with Crippen LogP contribution in [0.4, 0.5) is 10.1 Å². The van der Waals surface area contributed by atoms with Crippen LogP contribution >= 0.6 is 0 Å². The molecule has 2 aromatic carbocycles. The maximum Gasteiger partial charge on any atom is 0.337 e. The number of ether oxygens (including phenoxy) is 3. The van der Waals surface area contributed by atoms with Gasteiger partial charge in [-0.1, -0.05) is 38.1 Å². The van der Waals surface area contributed by atoms with Crippen LogP contribution in [0.3, 0.4) is 0 Å². The minimum Gasteiger partial charge on any atom is -0.493 e. The number of piperidine rings is 1. The summed E-state index contributed by atoms with van der Waals surface area (Å²) in [4.78, 5) is 20.0. The first-order valence-electron chi connectivity index (χ1n) is 14.9. The minimum atomic E-state index is -1.19. The van der Waals surface area contributed by atoms with Gasteiger partial charge in [-0.25, -0.2) is 9.18 Å². The number of methoxy groups -OCH3 is 1. The largest absolute Gasteiger partial charge is 0.493 e. The first kappa shape index (κ1) is 32.4. The molecule has 1 unspecified atom stereocenters. The average molecular weight is 593 g/mol. The quantitative estimate of drug-likeness (QED) is 0.246. The van der Waals surface area contributed by atoms with Crippen LogP contribution in [-0.4, -0.2) is 48.5 Å². The van der Waals surface area contributed by atoms with E-state index in [4.69, 9.17) is 19.2 Å². The third-order valence-corrected chi connectivity index (χ3v) is 7.86. The fourth-order valence-corrected chi connectivity index (χ4v) is 5.53. The van der Waals surface area contributed by atoms with Crippen LogP contribution in [0.1, 0.15) is 76.1 Å². The van der Waals surface area contributed by atoms with Gasteiger partial charge in [0.05, 0.1) is 30.2 Å². The Hall–Kier alpha value is -3.49. The van der Waals surface area contributed by atoms with Gasteiger partial charge in [0.1, 0.15) is 11.6 Å². The zero-order valence-corrected chi connectivity index (χ0v) is 26.5. The van der Waals surface area contributed by atoms with Crippen molar-refractivity contribution in [1.29, 1.82) is 0 Å². The number of pyridine rings is 1. The lowest BCUT2D eigenvalue weighted by molar-refractivity contribution is -0.160. The molecule has 1 atom stereocenters. The van der Waals surface area contributed by atoms with Crippen molar-refractivity contribution < 1.29 is 28.5 Å². The van der Waals surface area contributed by atoms with E-state index in [1.807, 2.05) is 52.0 Å². The van der Waals surface area contributed by atoms with E-state index in [-0.39, 0.29) is 17.8 Å². The molecule has 1 N–H and O–H groups in total. The molecule has 0 amide bonds. The number of carboxylic acid groups (broad SMARTS) is 1. The van der Waals surface area contributed by atoms with Crippen molar-refractivity contribution in [2.45, 2.75) is 79.1 Å². The number of halogens is 1. The molecule has 3 aromatic rings. The number of carbonyl (C=O) groups is 1. The molecule has 1 saturated heterocycles. The van der Waals surface area contributed by atoms with Crippen LogP contribution in [0.2, 0.25) is 0 Å². The topological polar surface area (TPSA) is 81.1 Å². The molecular weight excluding hydrogens is 547 g/mol. The standard InChI is InChI=1S/C35H45FN2O5/c1-23-29(32(33(39)40)43-34(2,3)4)31(38-19-17-35(5,6)18-20-38)30(28(37-23)22-41-7)25-10-14-27(15-11-25)42-21-16-24-8-12-26(36)13-9-24/h8-15,32H,16-22H2,1-7H3,(H,39,40). The first-order chi connectivity index (χ1) is 20.3. The monoisotopic (exact) mass is 592 g/mol. The molecule has 4 rings (SSSR count). The zero-order valence-electron chi connectivity index (χ0n) is 26.5. The van der Waals surface area contributed by atoms with Gasteiger partial charge in [0.2, 0.25) is 0 Å². The normalized spacial score (nSPS) is 15.8. The molecule has 0 radical (unpaired) electrons. The number of aliphatic carboxylic acids is 1. The lowest BCUT2D eigenvalue weighted by Crippen LogP contribution is -2.39. The van der Waals surface area contributed by atoms with Crippen molar-refractivity contribution >= 4 is 11.7 Å². The average Bonchev–Trinajstić information content (AvgIpc) is 2.93. The number of anilines is 1. The number of rotatable bonds is 11. The summed E-state index contributed by atoms with van der Waals surface area (Å²) < 4.78 is 31.0. The Kier molecular flexibility index (Phi) is 10.1. The highest BCUT2D eigenvalue weighted by Gasteiger charge is 2.37. The fourth-order valence-electron chi connectivity index (χ4n) is 5.53. The van der Waals surface area contributed by atoms with Crippen LogP contribution in [0, 0.1) is 18.2 Å². The van der Waals surface area contributed by atoms with Crippen LogP contribution in [-0.2, 0) is 27.3 Å². The molecular formula is C35H45FN2O5. The number of benzene rings is 2. The second-order valence-electron chi connectivity index (χ2n) is 13.1. The number of hydrogen-bond acceptors (Lipinski definition) is 6. The Balaban J connectivity index is 1.77. The number of hydrogen-bond donors (Lipinski definition) is 1. The highest BCUT2D eigenvalue weighted by Crippen LogP contribution is 2.45. The Morgan fingerprint density at radius 1 is 1.07 bits per heavy atom. The summed E-state index contributed by atoms with van der Waals surface area (Å²) in [7, 11) is 1.64. The Morgan fingerprint density at radius 2 is 1.70 bits per heavy atom. The van der Waals surface area contributed by atoms with Gasteiger partial charge in [-0.05, 0) is 81.3 Å². The molecule has 2 heterocycles. The Morgan fingerprint density at radius 3 is 2.26 bits per heavy atom. The number of nitrogens with zero attached hydrogens (tertiary/aromatic N) is 2. The number of aromatic nitrogens is 1. The van der Waals surface area contributed by atoms with Crippen LogP contribution in [0.25, 0.3) is 11.1 Å². The molecule has 1 aliphatic rings. The zero-order chi connectivity index (χ0) is 31.4. The van der Waals surface area contributed by atoms with Crippen LogP contribution in [0.5, 0.6) is 5.75 Å². The van der Waals surface area contributed by atoms with Gasteiger partial charge in [-0.15, -0.1) is 0 Å². The second kappa shape index (κ2) is 13.4. The first-order valence-corrected chi connectivity index (χ1v) is 14.9. The second-order valence-corrected chi connectivity index (χ2v) is 13.1. The van der Waals surface area contributed by atoms with E-state index in [1.165, 1.54) is 12.1 Å². The van der Waals surface area contributed by atoms with E-state index < -0.39 is 17.7 Å². The van der Waals surface area contributed by atoms with Gasteiger partial charge in [-0.2, -0.15) is 0 Å². The molecule has 7 nitrogen and oxygen atoms in total. The summed E-state index contributed by atoms with van der Waals surface area (Å²) in [5.74, 6) is -0.594. The molecule has 1 aromatic heterocycles. The highest BCUT2D eigenvalue weighted by molar-refractivity contribution is 5.88. The van der Waals surface area contributed by atoms with Crippen LogP contribution in [0.15, 0.2) is 48.5 Å². The summed E-state index contributed by atoms with van der Waals surface area (Å²) in [6.07, 6.45) is 1.42. The molecule has 1 aliphatic heterocycles. The maximum atomic E-state index is 13.2. The van der Waals surface area contributed by atoms with E-state index in [0.29, 0.717) is 30.0 Å². The summed E-state index contributed by atoms with van der Waals surface area (Å²) in [5, 5.41) is 10.4. The summed E-state index contributed by atoms with van der Waals surface area (Å²) in [6.45, 7) is 14.3. The summed E-state index contributed by atoms with van der Waals surface area (Å²) >= 11 is 0. The maximum absolute atomic E-state index is 13.2. The molecule has 0 bridgehead atoms. The lowest BCUT2D eigenvalue weighted by atomic mass is 9.81. The molecule has 232 valence electrons. The third-order valence-electron chi connectivity index (χ3n) is 7.86. The number of carboxylic acids is 1. The van der Waals surface area contributed by atoms with Crippen molar-refractivity contribution in [3.8, 4) is 16.9 Å². The number of aryl methyl sites for hydroxylation is 1. The lowest BCUT2D eigenvalue weighted by Gasteiger charge is -2.41. The van der Waals surface area contributed by atoms with E-state index in [2.05, 4.69) is 18.7 Å². The van der Waals surface area contributed by atoms with Gasteiger partial charge < -0.3 is 24.2 Å². The van der Waals surface area contributed by atoms with E-state index in [1.54, 1.807) is 19.2 Å². The fraction of sp³-hybridized carbons (Fsp3) is 0.486. The smallest absolute Gasteiger partial charge is 0.337 e. The molecule has 43 heavy (non-hydrogen) atoms. The SMILES string of the molecule is COCc1nc(C)c(C(OC(C)(C)C)C(=O)O)c(N2CCC(C)(C)CC2)c1-c1ccc(OCCc2ccc(F)cc2)cc1. The Labute approximate surface area is 255 Å². The molecule has 1 fully saturated rings. The van der Waals surface area contributed by atoms with Gasteiger partial charge in [0, 0.05) is 43.4 Å². The Bertz CT molecular complexity index is 1390. The van der Waals surface area contributed by atoms with E-state index >= 15 is 0 Å².